The Kier molecular flexibility index (Phi) is 4.53. The number of aromatic nitrogens is 3. The Hall–Kier alpha value is -2.94. The van der Waals surface area contributed by atoms with Crippen LogP contribution in [0.5, 0.6) is 0 Å². The molecule has 0 unspecified atom stereocenters. The molecule has 1 saturated carbocycles. The maximum atomic E-state index is 12.8. The summed E-state index contributed by atoms with van der Waals surface area (Å²) in [5.41, 5.74) is 1.58. The molecule has 2 aromatic rings. The lowest BCUT2D eigenvalue weighted by Gasteiger charge is -2.29. The number of nitrogens with one attached hydrogen (secondary N) is 3. The topological polar surface area (TPSA) is 131 Å². The van der Waals surface area contributed by atoms with Crippen molar-refractivity contribution in [2.45, 2.75) is 38.0 Å². The van der Waals surface area contributed by atoms with Crippen LogP contribution in [0, 0.1) is 5.92 Å². The first-order chi connectivity index (χ1) is 13.0. The first-order valence-corrected chi connectivity index (χ1v) is 8.99. The number of carbonyl (C=O) groups is 2. The Bertz CT molecular complexity index is 920. The van der Waals surface area contributed by atoms with Gasteiger partial charge in [-0.3, -0.25) is 19.5 Å². The summed E-state index contributed by atoms with van der Waals surface area (Å²) >= 11 is 0. The van der Waals surface area contributed by atoms with Crippen LogP contribution >= 0.6 is 0 Å². The minimum Gasteiger partial charge on any atom is -0.391 e. The van der Waals surface area contributed by atoms with Gasteiger partial charge >= 0.3 is 0 Å². The van der Waals surface area contributed by atoms with Crippen molar-refractivity contribution >= 4 is 11.8 Å². The van der Waals surface area contributed by atoms with Crippen LogP contribution in [0.25, 0.3) is 0 Å². The van der Waals surface area contributed by atoms with Crippen LogP contribution in [0.4, 0.5) is 0 Å². The second-order valence-corrected chi connectivity index (χ2v) is 7.11. The fraction of sp³-hybridized carbons (Fsp3) is 0.444. The number of nitrogens with zero attached hydrogens (tertiary/aromatic N) is 2. The third kappa shape index (κ3) is 3.37. The molecule has 142 valence electrons. The van der Waals surface area contributed by atoms with E-state index in [1.54, 1.807) is 17.2 Å². The number of hydrogen-bond acceptors (Lipinski definition) is 5. The van der Waals surface area contributed by atoms with Gasteiger partial charge in [-0.2, -0.15) is 5.10 Å². The van der Waals surface area contributed by atoms with Crippen LogP contribution in [0.1, 0.15) is 34.5 Å². The lowest BCUT2D eigenvalue weighted by molar-refractivity contribution is -0.136. The molecule has 2 aliphatic rings. The van der Waals surface area contributed by atoms with Crippen molar-refractivity contribution in [2.24, 2.45) is 5.92 Å². The Morgan fingerprint density at radius 3 is 3.00 bits per heavy atom. The molecule has 4 N–H and O–H groups in total. The maximum Gasteiger partial charge on any atom is 0.260 e. The largest absolute Gasteiger partial charge is 0.391 e. The number of aliphatic hydroxyl groups is 1. The summed E-state index contributed by atoms with van der Waals surface area (Å²) in [5.74, 6) is -0.918. The molecule has 0 aromatic carbocycles. The zero-order chi connectivity index (χ0) is 19.0. The first-order valence-electron chi connectivity index (χ1n) is 8.99. The normalized spacial score (nSPS) is 24.5. The summed E-state index contributed by atoms with van der Waals surface area (Å²) in [5, 5.41) is 19.9. The molecular weight excluding hydrogens is 350 g/mol. The molecule has 3 heterocycles. The van der Waals surface area contributed by atoms with E-state index in [-0.39, 0.29) is 17.4 Å². The zero-order valence-electron chi connectivity index (χ0n) is 14.6. The van der Waals surface area contributed by atoms with Crippen molar-refractivity contribution in [3.63, 3.8) is 0 Å². The van der Waals surface area contributed by atoms with Gasteiger partial charge in [0.05, 0.1) is 18.3 Å². The standard InChI is InChI=1S/C18H21N5O4/c24-15-7-10(18(27)23-5-3-13-11(9-23)8-20-22-13)6-14(15)21-17(26)12-2-1-4-19-16(12)25/h1-2,4,8,10,14-15,24H,3,5-7,9H2,(H,19,25)(H,20,22)(H,21,26)/t10-,14+,15+/m0/s1. The molecule has 0 radical (unpaired) electrons. The molecule has 4 rings (SSSR count). The fourth-order valence-corrected chi connectivity index (χ4v) is 3.89. The summed E-state index contributed by atoms with van der Waals surface area (Å²) in [7, 11) is 0. The van der Waals surface area contributed by atoms with Gasteiger partial charge in [-0.1, -0.05) is 0 Å². The highest BCUT2D eigenvalue weighted by molar-refractivity contribution is 5.94. The molecule has 2 aromatic heterocycles. The van der Waals surface area contributed by atoms with Gasteiger partial charge in [0.25, 0.3) is 11.5 Å². The minimum absolute atomic E-state index is 0.0111. The summed E-state index contributed by atoms with van der Waals surface area (Å²) in [6.07, 6.45) is 3.74. The van der Waals surface area contributed by atoms with Crippen molar-refractivity contribution in [1.82, 2.24) is 25.4 Å². The monoisotopic (exact) mass is 371 g/mol. The minimum atomic E-state index is -0.819. The van der Waals surface area contributed by atoms with Crippen LogP contribution in [0.15, 0.2) is 29.3 Å². The number of amides is 2. The molecule has 2 amide bonds. The Morgan fingerprint density at radius 1 is 1.33 bits per heavy atom. The number of rotatable bonds is 3. The molecule has 9 heteroatoms. The first kappa shape index (κ1) is 17.5. The van der Waals surface area contributed by atoms with Crippen LogP contribution in [-0.2, 0) is 17.8 Å². The van der Waals surface area contributed by atoms with Crippen molar-refractivity contribution in [3.8, 4) is 0 Å². The molecule has 9 nitrogen and oxygen atoms in total. The second kappa shape index (κ2) is 6.99. The van der Waals surface area contributed by atoms with E-state index < -0.39 is 23.6 Å². The summed E-state index contributed by atoms with van der Waals surface area (Å²) in [4.78, 5) is 41.1. The Balaban J connectivity index is 1.40. The average Bonchev–Trinajstić information content (AvgIpc) is 3.27. The summed E-state index contributed by atoms with van der Waals surface area (Å²) in [6, 6.07) is 2.43. The number of pyridine rings is 1. The Morgan fingerprint density at radius 2 is 2.19 bits per heavy atom. The molecule has 27 heavy (non-hydrogen) atoms. The molecule has 3 atom stereocenters. The van der Waals surface area contributed by atoms with Crippen molar-refractivity contribution in [2.75, 3.05) is 6.54 Å². The zero-order valence-corrected chi connectivity index (χ0v) is 14.6. The Labute approximate surface area is 154 Å². The molecule has 1 aliphatic carbocycles. The molecular formula is C18H21N5O4. The smallest absolute Gasteiger partial charge is 0.260 e. The van der Waals surface area contributed by atoms with Gasteiger partial charge in [0, 0.05) is 42.9 Å². The number of carbonyl (C=O) groups excluding carboxylic acids is 2. The third-order valence-electron chi connectivity index (χ3n) is 5.37. The summed E-state index contributed by atoms with van der Waals surface area (Å²) in [6.45, 7) is 1.12. The van der Waals surface area contributed by atoms with Crippen LogP contribution in [0.2, 0.25) is 0 Å². The highest BCUT2D eigenvalue weighted by atomic mass is 16.3. The third-order valence-corrected chi connectivity index (χ3v) is 5.37. The number of aliphatic hydroxyl groups excluding tert-OH is 1. The predicted molar refractivity (Wildman–Crippen MR) is 94.8 cm³/mol. The van der Waals surface area contributed by atoms with E-state index in [0.717, 1.165) is 17.7 Å². The van der Waals surface area contributed by atoms with E-state index in [9.17, 15) is 19.5 Å². The van der Waals surface area contributed by atoms with Gasteiger partial charge in [0.1, 0.15) is 5.56 Å². The molecule has 0 spiro atoms. The van der Waals surface area contributed by atoms with E-state index in [1.165, 1.54) is 12.3 Å². The highest BCUT2D eigenvalue weighted by Gasteiger charge is 2.40. The SMILES string of the molecule is O=C(N[C@@H]1C[C@H](C(=O)N2CCc3[nH]ncc3C2)C[C@H]1O)c1ccc[nH]c1=O. The highest BCUT2D eigenvalue weighted by Crippen LogP contribution is 2.29. The molecule has 1 aliphatic heterocycles. The fourth-order valence-electron chi connectivity index (χ4n) is 3.89. The quantitative estimate of drug-likeness (QED) is 0.580. The van der Waals surface area contributed by atoms with Gasteiger partial charge in [0.15, 0.2) is 0 Å². The maximum absolute atomic E-state index is 12.8. The average molecular weight is 371 g/mol. The van der Waals surface area contributed by atoms with Crippen molar-refractivity contribution in [1.29, 1.82) is 0 Å². The van der Waals surface area contributed by atoms with E-state index in [2.05, 4.69) is 20.5 Å². The second-order valence-electron chi connectivity index (χ2n) is 7.11. The number of aromatic amines is 2. The van der Waals surface area contributed by atoms with E-state index >= 15 is 0 Å². The molecule has 0 saturated heterocycles. The van der Waals surface area contributed by atoms with Gasteiger partial charge in [-0.05, 0) is 25.0 Å². The number of H-pyrrole nitrogens is 2. The predicted octanol–water partition coefficient (Wildman–Crippen LogP) is -0.448. The van der Waals surface area contributed by atoms with Gasteiger partial charge in [-0.25, -0.2) is 0 Å². The van der Waals surface area contributed by atoms with Crippen LogP contribution in [-0.4, -0.2) is 55.7 Å². The van der Waals surface area contributed by atoms with Gasteiger partial charge in [0.2, 0.25) is 5.91 Å². The van der Waals surface area contributed by atoms with E-state index in [0.29, 0.717) is 25.9 Å². The van der Waals surface area contributed by atoms with E-state index in [4.69, 9.17) is 0 Å². The number of hydrogen-bond donors (Lipinski definition) is 4. The number of fused-ring (bicyclic) bond motifs is 1. The lowest BCUT2D eigenvalue weighted by atomic mass is 10.0. The van der Waals surface area contributed by atoms with E-state index in [1.807, 2.05) is 0 Å². The van der Waals surface area contributed by atoms with Gasteiger partial charge in [-0.15, -0.1) is 0 Å². The van der Waals surface area contributed by atoms with Crippen LogP contribution < -0.4 is 10.9 Å². The molecule has 1 fully saturated rings. The summed E-state index contributed by atoms with van der Waals surface area (Å²) < 4.78 is 0. The van der Waals surface area contributed by atoms with Crippen LogP contribution in [0.3, 0.4) is 0 Å². The van der Waals surface area contributed by atoms with Crippen molar-refractivity contribution < 1.29 is 14.7 Å². The van der Waals surface area contributed by atoms with Crippen molar-refractivity contribution in [3.05, 3.63) is 51.7 Å². The molecule has 0 bridgehead atoms. The lowest BCUT2D eigenvalue weighted by Crippen LogP contribution is -2.42. The van der Waals surface area contributed by atoms with Gasteiger partial charge < -0.3 is 20.3 Å².